The second-order valence-electron chi connectivity index (χ2n) is 6.49. The number of aryl methyl sites for hydroxylation is 1. The average Bonchev–Trinajstić information content (AvgIpc) is 2.51. The molecule has 0 aliphatic heterocycles. The van der Waals surface area contributed by atoms with E-state index in [9.17, 15) is 0 Å². The first-order chi connectivity index (χ1) is 10.5. The van der Waals surface area contributed by atoms with Crippen molar-refractivity contribution in [1.82, 2.24) is 0 Å². The van der Waals surface area contributed by atoms with Crippen LogP contribution in [0.5, 0.6) is 5.75 Å². The summed E-state index contributed by atoms with van der Waals surface area (Å²) in [6.07, 6.45) is 1.18. The Hall–Kier alpha value is -1.76. The first-order valence-electron chi connectivity index (χ1n) is 8.23. The Bertz CT molecular complexity index is 623. The third-order valence-corrected chi connectivity index (χ3v) is 4.77. The molecule has 0 radical (unpaired) electrons. The van der Waals surface area contributed by atoms with Crippen LogP contribution in [0.3, 0.4) is 0 Å². The molecule has 1 atom stereocenters. The number of methoxy groups -OCH3 is 1. The van der Waals surface area contributed by atoms with Crippen LogP contribution >= 0.6 is 0 Å². The van der Waals surface area contributed by atoms with Gasteiger partial charge in [0.15, 0.2) is 0 Å². The highest BCUT2D eigenvalue weighted by molar-refractivity contribution is 5.67. The van der Waals surface area contributed by atoms with E-state index in [-0.39, 0.29) is 0 Å². The maximum atomic E-state index is 5.26. The zero-order valence-electron chi connectivity index (χ0n) is 14.7. The lowest BCUT2D eigenvalue weighted by Crippen LogP contribution is -2.08. The fourth-order valence-electron chi connectivity index (χ4n) is 3.27. The summed E-state index contributed by atoms with van der Waals surface area (Å²) in [5.74, 6) is 2.19. The molecular weight excluding hydrogens is 268 g/mol. The highest BCUT2D eigenvalue weighted by Gasteiger charge is 2.18. The Balaban J connectivity index is 2.51. The van der Waals surface area contributed by atoms with Crippen LogP contribution in [0.25, 0.3) is 11.1 Å². The Morgan fingerprint density at radius 3 is 2.09 bits per heavy atom. The zero-order chi connectivity index (χ0) is 16.3. The van der Waals surface area contributed by atoms with Gasteiger partial charge in [0.2, 0.25) is 0 Å². The fourth-order valence-corrected chi connectivity index (χ4v) is 3.27. The average molecular weight is 296 g/mol. The molecule has 0 N–H and O–H groups in total. The predicted octanol–water partition coefficient (Wildman–Crippen LogP) is 6.13. The van der Waals surface area contributed by atoms with E-state index in [1.807, 2.05) is 12.1 Å². The van der Waals surface area contributed by atoms with Crippen LogP contribution in [0.2, 0.25) is 0 Å². The van der Waals surface area contributed by atoms with Crippen molar-refractivity contribution in [1.29, 1.82) is 0 Å². The normalized spacial score (nSPS) is 12.5. The Labute approximate surface area is 135 Å². The minimum Gasteiger partial charge on any atom is -0.497 e. The third-order valence-electron chi connectivity index (χ3n) is 4.77. The summed E-state index contributed by atoms with van der Waals surface area (Å²) in [6.45, 7) is 11.4. The van der Waals surface area contributed by atoms with E-state index in [1.54, 1.807) is 7.11 Å². The summed E-state index contributed by atoms with van der Waals surface area (Å²) in [7, 11) is 1.71. The molecule has 2 aromatic carbocycles. The summed E-state index contributed by atoms with van der Waals surface area (Å²) < 4.78 is 5.26. The SMILES string of the molecule is CCC(c1cc(-c2ccc(OC)cc2)cc(C)c1C)C(C)C. The lowest BCUT2D eigenvalue weighted by atomic mass is 9.81. The Morgan fingerprint density at radius 1 is 0.955 bits per heavy atom. The number of hydrogen-bond acceptors (Lipinski definition) is 1. The van der Waals surface area contributed by atoms with Crippen LogP contribution in [0.4, 0.5) is 0 Å². The summed E-state index contributed by atoms with van der Waals surface area (Å²) >= 11 is 0. The van der Waals surface area contributed by atoms with Gasteiger partial charge in [-0.1, -0.05) is 45.0 Å². The van der Waals surface area contributed by atoms with Crippen LogP contribution < -0.4 is 4.74 Å². The molecule has 2 aromatic rings. The van der Waals surface area contributed by atoms with Gasteiger partial charge in [-0.25, -0.2) is 0 Å². The van der Waals surface area contributed by atoms with Gasteiger partial charge < -0.3 is 4.74 Å². The fraction of sp³-hybridized carbons (Fsp3) is 0.429. The van der Waals surface area contributed by atoms with Gasteiger partial charge in [0.1, 0.15) is 5.75 Å². The summed E-state index contributed by atoms with van der Waals surface area (Å²) in [5.41, 5.74) is 6.88. The Kier molecular flexibility index (Phi) is 5.28. The van der Waals surface area contributed by atoms with Crippen molar-refractivity contribution in [3.8, 4) is 16.9 Å². The van der Waals surface area contributed by atoms with E-state index in [1.165, 1.54) is 34.2 Å². The summed E-state index contributed by atoms with van der Waals surface area (Å²) in [5, 5.41) is 0. The van der Waals surface area contributed by atoms with Gasteiger partial charge >= 0.3 is 0 Å². The molecule has 0 fully saturated rings. The second-order valence-corrected chi connectivity index (χ2v) is 6.49. The molecule has 118 valence electrons. The van der Waals surface area contributed by atoms with Gasteiger partial charge in [-0.3, -0.25) is 0 Å². The zero-order valence-corrected chi connectivity index (χ0v) is 14.7. The molecule has 0 bridgehead atoms. The maximum Gasteiger partial charge on any atom is 0.118 e. The van der Waals surface area contributed by atoms with Crippen molar-refractivity contribution < 1.29 is 4.74 Å². The standard InChI is InChI=1S/C21H28O/c1-7-20(14(2)3)21-13-18(12-15(4)16(21)5)17-8-10-19(22-6)11-9-17/h8-14,20H,7H2,1-6H3. The molecule has 0 spiro atoms. The molecule has 1 unspecified atom stereocenters. The van der Waals surface area contributed by atoms with Gasteiger partial charge in [-0.05, 0) is 72.1 Å². The molecule has 1 heteroatoms. The molecule has 0 saturated heterocycles. The van der Waals surface area contributed by atoms with Crippen LogP contribution in [-0.4, -0.2) is 7.11 Å². The number of rotatable bonds is 5. The van der Waals surface area contributed by atoms with Crippen LogP contribution in [0, 0.1) is 19.8 Å². The maximum absolute atomic E-state index is 5.26. The smallest absolute Gasteiger partial charge is 0.118 e. The van der Waals surface area contributed by atoms with Crippen LogP contribution in [-0.2, 0) is 0 Å². The Morgan fingerprint density at radius 2 is 1.59 bits per heavy atom. The quantitative estimate of drug-likeness (QED) is 0.645. The van der Waals surface area contributed by atoms with E-state index < -0.39 is 0 Å². The van der Waals surface area contributed by atoms with Gasteiger partial charge in [0, 0.05) is 0 Å². The van der Waals surface area contributed by atoms with Crippen molar-refractivity contribution in [2.45, 2.75) is 47.0 Å². The van der Waals surface area contributed by atoms with Crippen LogP contribution in [0.15, 0.2) is 36.4 Å². The molecule has 0 heterocycles. The molecule has 1 nitrogen and oxygen atoms in total. The highest BCUT2D eigenvalue weighted by Crippen LogP contribution is 2.35. The second kappa shape index (κ2) is 7.00. The first kappa shape index (κ1) is 16.6. The largest absolute Gasteiger partial charge is 0.497 e. The van der Waals surface area contributed by atoms with E-state index in [4.69, 9.17) is 4.74 Å². The topological polar surface area (TPSA) is 9.23 Å². The number of benzene rings is 2. The van der Waals surface area contributed by atoms with Crippen molar-refractivity contribution in [2.24, 2.45) is 5.92 Å². The molecule has 2 rings (SSSR count). The first-order valence-corrected chi connectivity index (χ1v) is 8.23. The van der Waals surface area contributed by atoms with E-state index >= 15 is 0 Å². The number of hydrogen-bond donors (Lipinski definition) is 0. The van der Waals surface area contributed by atoms with Crippen molar-refractivity contribution in [3.63, 3.8) is 0 Å². The lowest BCUT2D eigenvalue weighted by Gasteiger charge is -2.24. The van der Waals surface area contributed by atoms with Gasteiger partial charge in [0.05, 0.1) is 7.11 Å². The lowest BCUT2D eigenvalue weighted by molar-refractivity contribution is 0.415. The van der Waals surface area contributed by atoms with Gasteiger partial charge in [-0.2, -0.15) is 0 Å². The van der Waals surface area contributed by atoms with E-state index in [2.05, 4.69) is 58.9 Å². The molecule has 0 saturated carbocycles. The van der Waals surface area contributed by atoms with Crippen LogP contribution in [0.1, 0.15) is 49.8 Å². The molecule has 0 aliphatic carbocycles. The minimum atomic E-state index is 0.622. The van der Waals surface area contributed by atoms with E-state index in [0.717, 1.165) is 5.75 Å². The van der Waals surface area contributed by atoms with Crippen molar-refractivity contribution in [3.05, 3.63) is 53.1 Å². The minimum absolute atomic E-state index is 0.622. The van der Waals surface area contributed by atoms with Crippen molar-refractivity contribution in [2.75, 3.05) is 7.11 Å². The highest BCUT2D eigenvalue weighted by atomic mass is 16.5. The third kappa shape index (κ3) is 3.35. The van der Waals surface area contributed by atoms with E-state index in [0.29, 0.717) is 11.8 Å². The molecule has 0 aliphatic rings. The van der Waals surface area contributed by atoms with Gasteiger partial charge in [-0.15, -0.1) is 0 Å². The molecular formula is C21H28O. The monoisotopic (exact) mass is 296 g/mol. The predicted molar refractivity (Wildman–Crippen MR) is 95.8 cm³/mol. The van der Waals surface area contributed by atoms with Gasteiger partial charge in [0.25, 0.3) is 0 Å². The van der Waals surface area contributed by atoms with Crippen molar-refractivity contribution >= 4 is 0 Å². The summed E-state index contributed by atoms with van der Waals surface area (Å²) in [6, 6.07) is 13.0. The number of ether oxygens (including phenoxy) is 1. The molecule has 22 heavy (non-hydrogen) atoms. The molecule has 0 amide bonds. The summed E-state index contributed by atoms with van der Waals surface area (Å²) in [4.78, 5) is 0. The molecule has 0 aromatic heterocycles.